The zero-order valence-electron chi connectivity index (χ0n) is 12.1. The number of benzene rings is 2. The molecule has 0 amide bonds. The van der Waals surface area contributed by atoms with E-state index in [-0.39, 0.29) is 0 Å². The van der Waals surface area contributed by atoms with Crippen molar-refractivity contribution in [2.45, 2.75) is 20.3 Å². The quantitative estimate of drug-likeness (QED) is 0.634. The molecule has 0 aliphatic heterocycles. The summed E-state index contributed by atoms with van der Waals surface area (Å²) in [4.78, 5) is 4.40. The minimum Gasteiger partial charge on any atom is -0.492 e. The molecule has 4 heteroatoms. The second-order valence-corrected chi connectivity index (χ2v) is 5.54. The minimum atomic E-state index is 0.592. The molecule has 0 radical (unpaired) electrons. The van der Waals surface area contributed by atoms with Gasteiger partial charge in [-0.05, 0) is 54.8 Å². The van der Waals surface area contributed by atoms with Gasteiger partial charge in [0.2, 0.25) is 0 Å². The fraction of sp³-hybridized carbons (Fsp3) is 0.235. The highest BCUT2D eigenvalue weighted by Crippen LogP contribution is 2.26. The van der Waals surface area contributed by atoms with Crippen LogP contribution < -0.4 is 4.74 Å². The summed E-state index contributed by atoms with van der Waals surface area (Å²) in [5.74, 6) is 0.703. The van der Waals surface area contributed by atoms with Crippen LogP contribution in [0.5, 0.6) is 5.75 Å². The van der Waals surface area contributed by atoms with Gasteiger partial charge in [-0.25, -0.2) is 0 Å². The number of halogens is 2. The van der Waals surface area contributed by atoms with E-state index < -0.39 is 0 Å². The Kier molecular flexibility index (Phi) is 5.66. The zero-order chi connectivity index (χ0) is 15.2. The van der Waals surface area contributed by atoms with Crippen molar-refractivity contribution in [3.8, 4) is 5.75 Å². The lowest BCUT2D eigenvalue weighted by Gasteiger charge is -2.06. The van der Waals surface area contributed by atoms with E-state index >= 15 is 0 Å². The van der Waals surface area contributed by atoms with Crippen LogP contribution in [0.4, 0.5) is 5.69 Å². The number of hydrogen-bond donors (Lipinski definition) is 0. The predicted octanol–water partition coefficient (Wildman–Crippen LogP) is 5.84. The molecular formula is C17H17Cl2NO. The molecule has 0 heterocycles. The van der Waals surface area contributed by atoms with Crippen LogP contribution in [-0.2, 0) is 0 Å². The van der Waals surface area contributed by atoms with Gasteiger partial charge in [-0.1, -0.05) is 36.2 Å². The highest BCUT2D eigenvalue weighted by molar-refractivity contribution is 6.32. The van der Waals surface area contributed by atoms with Gasteiger partial charge in [0.1, 0.15) is 5.75 Å². The lowest BCUT2D eigenvalue weighted by molar-refractivity contribution is 0.317. The number of nitrogens with zero attached hydrogens (tertiary/aromatic N) is 1. The van der Waals surface area contributed by atoms with Crippen molar-refractivity contribution < 1.29 is 4.74 Å². The molecule has 0 aliphatic carbocycles. The number of ether oxygens (including phenoxy) is 1. The molecule has 2 aromatic rings. The van der Waals surface area contributed by atoms with Crippen LogP contribution in [0, 0.1) is 6.92 Å². The van der Waals surface area contributed by atoms with E-state index in [2.05, 4.69) is 11.9 Å². The molecule has 21 heavy (non-hydrogen) atoms. The maximum atomic E-state index is 6.19. The molecule has 0 unspecified atom stereocenters. The lowest BCUT2D eigenvalue weighted by Crippen LogP contribution is -1.96. The summed E-state index contributed by atoms with van der Waals surface area (Å²) < 4.78 is 5.54. The standard InChI is InChI=1S/C17H17Cl2NO/c1-3-8-21-17-7-5-13(9-16(17)19)11-20-14-6-4-12(2)15(18)10-14/h4-7,9-11H,3,8H2,1-2H3. The average molecular weight is 322 g/mol. The van der Waals surface area contributed by atoms with Crippen LogP contribution in [0.2, 0.25) is 10.0 Å². The Balaban J connectivity index is 2.13. The van der Waals surface area contributed by atoms with Gasteiger partial charge in [0, 0.05) is 11.2 Å². The van der Waals surface area contributed by atoms with Gasteiger partial charge in [-0.15, -0.1) is 0 Å². The third kappa shape index (κ3) is 4.48. The van der Waals surface area contributed by atoms with Crippen molar-refractivity contribution in [2.75, 3.05) is 6.61 Å². The molecule has 0 N–H and O–H groups in total. The summed E-state index contributed by atoms with van der Waals surface area (Å²) in [6, 6.07) is 11.3. The lowest BCUT2D eigenvalue weighted by atomic mass is 10.2. The molecule has 0 aromatic heterocycles. The summed E-state index contributed by atoms with van der Waals surface area (Å²) in [7, 11) is 0. The van der Waals surface area contributed by atoms with E-state index in [4.69, 9.17) is 27.9 Å². The second-order valence-electron chi connectivity index (χ2n) is 4.73. The third-order valence-electron chi connectivity index (χ3n) is 2.94. The smallest absolute Gasteiger partial charge is 0.137 e. The Bertz CT molecular complexity index is 653. The van der Waals surface area contributed by atoms with Gasteiger partial charge in [0.15, 0.2) is 0 Å². The largest absolute Gasteiger partial charge is 0.492 e. The maximum Gasteiger partial charge on any atom is 0.137 e. The average Bonchev–Trinajstić information content (AvgIpc) is 2.47. The monoisotopic (exact) mass is 321 g/mol. The van der Waals surface area contributed by atoms with Crippen LogP contribution in [0.25, 0.3) is 0 Å². The topological polar surface area (TPSA) is 21.6 Å². The van der Waals surface area contributed by atoms with Crippen molar-refractivity contribution in [1.82, 2.24) is 0 Å². The first-order valence-corrected chi connectivity index (χ1v) is 7.58. The Morgan fingerprint density at radius 1 is 1.10 bits per heavy atom. The van der Waals surface area contributed by atoms with E-state index in [9.17, 15) is 0 Å². The Morgan fingerprint density at radius 3 is 2.57 bits per heavy atom. The first-order chi connectivity index (χ1) is 10.1. The fourth-order valence-electron chi connectivity index (χ4n) is 1.74. The predicted molar refractivity (Wildman–Crippen MR) is 90.7 cm³/mol. The second kappa shape index (κ2) is 7.48. The summed E-state index contributed by atoms with van der Waals surface area (Å²) in [6.45, 7) is 4.68. The molecule has 0 saturated heterocycles. The molecule has 110 valence electrons. The van der Waals surface area contributed by atoms with Crippen molar-refractivity contribution >= 4 is 35.1 Å². The van der Waals surface area contributed by atoms with E-state index in [1.807, 2.05) is 43.3 Å². The Labute approximate surface area is 135 Å². The summed E-state index contributed by atoms with van der Waals surface area (Å²) in [6.07, 6.45) is 2.71. The maximum absolute atomic E-state index is 6.19. The molecule has 2 nitrogen and oxygen atoms in total. The van der Waals surface area contributed by atoms with Crippen LogP contribution in [0.3, 0.4) is 0 Å². The third-order valence-corrected chi connectivity index (χ3v) is 3.64. The van der Waals surface area contributed by atoms with Crippen molar-refractivity contribution in [3.05, 3.63) is 57.6 Å². The van der Waals surface area contributed by atoms with Crippen LogP contribution >= 0.6 is 23.2 Å². The highest BCUT2D eigenvalue weighted by Gasteiger charge is 2.02. The Hall–Kier alpha value is -1.51. The highest BCUT2D eigenvalue weighted by atomic mass is 35.5. The Morgan fingerprint density at radius 2 is 1.90 bits per heavy atom. The number of rotatable bonds is 5. The first kappa shape index (κ1) is 15.9. The van der Waals surface area contributed by atoms with Gasteiger partial charge in [0.05, 0.1) is 17.3 Å². The molecule has 2 rings (SSSR count). The van der Waals surface area contributed by atoms with E-state index in [1.165, 1.54) is 0 Å². The summed E-state index contributed by atoms with van der Waals surface area (Å²) >= 11 is 12.3. The molecular weight excluding hydrogens is 305 g/mol. The van der Waals surface area contributed by atoms with Crippen LogP contribution in [-0.4, -0.2) is 12.8 Å². The van der Waals surface area contributed by atoms with Gasteiger partial charge in [0.25, 0.3) is 0 Å². The zero-order valence-corrected chi connectivity index (χ0v) is 13.6. The first-order valence-electron chi connectivity index (χ1n) is 6.82. The van der Waals surface area contributed by atoms with E-state index in [0.717, 1.165) is 23.2 Å². The van der Waals surface area contributed by atoms with E-state index in [1.54, 1.807) is 6.21 Å². The van der Waals surface area contributed by atoms with E-state index in [0.29, 0.717) is 22.4 Å². The van der Waals surface area contributed by atoms with Crippen LogP contribution in [0.1, 0.15) is 24.5 Å². The molecule has 0 atom stereocenters. The molecule has 0 fully saturated rings. The number of aryl methyl sites for hydroxylation is 1. The normalized spacial score (nSPS) is 11.0. The van der Waals surface area contributed by atoms with Gasteiger partial charge < -0.3 is 4.74 Å². The number of aliphatic imine (C=N–C) groups is 1. The SMILES string of the molecule is CCCOc1ccc(C=Nc2ccc(C)c(Cl)c2)cc1Cl. The van der Waals surface area contributed by atoms with Gasteiger partial charge >= 0.3 is 0 Å². The molecule has 0 bridgehead atoms. The molecule has 0 aliphatic rings. The molecule has 0 spiro atoms. The van der Waals surface area contributed by atoms with Gasteiger partial charge in [-0.2, -0.15) is 0 Å². The minimum absolute atomic E-state index is 0.592. The van der Waals surface area contributed by atoms with Crippen molar-refractivity contribution in [3.63, 3.8) is 0 Å². The van der Waals surface area contributed by atoms with Crippen molar-refractivity contribution in [1.29, 1.82) is 0 Å². The molecule has 0 saturated carbocycles. The van der Waals surface area contributed by atoms with Crippen molar-refractivity contribution in [2.24, 2.45) is 4.99 Å². The summed E-state index contributed by atoms with van der Waals surface area (Å²) in [5, 5.41) is 1.31. The fourth-order valence-corrected chi connectivity index (χ4v) is 2.16. The van der Waals surface area contributed by atoms with Crippen LogP contribution in [0.15, 0.2) is 41.4 Å². The number of hydrogen-bond acceptors (Lipinski definition) is 2. The van der Waals surface area contributed by atoms with Gasteiger partial charge in [-0.3, -0.25) is 4.99 Å². The molecule has 2 aromatic carbocycles. The summed E-state index contributed by atoms with van der Waals surface area (Å²) in [5.41, 5.74) is 2.77.